The topological polar surface area (TPSA) is 15.3 Å². The molecule has 100 valence electrons. The highest BCUT2D eigenvalue weighted by atomic mass is 15.2. The highest BCUT2D eigenvalue weighted by Gasteiger charge is 2.28. The molecule has 2 atom stereocenters. The molecular weight excluding hydrogens is 208 g/mol. The summed E-state index contributed by atoms with van der Waals surface area (Å²) in [4.78, 5) is 2.69. The van der Waals surface area contributed by atoms with Crippen LogP contribution in [0.5, 0.6) is 0 Å². The van der Waals surface area contributed by atoms with Crippen molar-refractivity contribution >= 4 is 0 Å². The highest BCUT2D eigenvalue weighted by Crippen LogP contribution is 2.29. The molecule has 1 N–H and O–H groups in total. The van der Waals surface area contributed by atoms with Crippen molar-refractivity contribution in [1.29, 1.82) is 0 Å². The van der Waals surface area contributed by atoms with Gasteiger partial charge >= 0.3 is 0 Å². The second-order valence-electron chi connectivity index (χ2n) is 6.26. The molecule has 2 unspecified atom stereocenters. The second kappa shape index (κ2) is 6.75. The Bertz CT molecular complexity index is 211. The van der Waals surface area contributed by atoms with Crippen LogP contribution in [0.3, 0.4) is 0 Å². The van der Waals surface area contributed by atoms with Gasteiger partial charge in [0.25, 0.3) is 0 Å². The van der Waals surface area contributed by atoms with Gasteiger partial charge < -0.3 is 10.2 Å². The Morgan fingerprint density at radius 1 is 1.24 bits per heavy atom. The Morgan fingerprint density at radius 2 is 2.00 bits per heavy atom. The van der Waals surface area contributed by atoms with E-state index in [0.717, 1.165) is 17.9 Å². The van der Waals surface area contributed by atoms with Gasteiger partial charge in [0.15, 0.2) is 0 Å². The number of nitrogens with one attached hydrogen (secondary N) is 1. The van der Waals surface area contributed by atoms with Crippen molar-refractivity contribution in [3.8, 4) is 0 Å². The summed E-state index contributed by atoms with van der Waals surface area (Å²) in [5, 5.41) is 3.81. The van der Waals surface area contributed by atoms with Crippen LogP contribution >= 0.6 is 0 Å². The Morgan fingerprint density at radius 3 is 2.59 bits per heavy atom. The molecule has 1 aliphatic heterocycles. The van der Waals surface area contributed by atoms with E-state index in [1.165, 1.54) is 64.7 Å². The van der Waals surface area contributed by atoms with Crippen LogP contribution in [0.2, 0.25) is 0 Å². The van der Waals surface area contributed by atoms with Crippen LogP contribution in [0.25, 0.3) is 0 Å². The third-order valence-corrected chi connectivity index (χ3v) is 4.59. The van der Waals surface area contributed by atoms with Gasteiger partial charge in [0.1, 0.15) is 0 Å². The molecular formula is C15H30N2. The number of rotatable bonds is 6. The summed E-state index contributed by atoms with van der Waals surface area (Å²) in [6.07, 6.45) is 8.52. The monoisotopic (exact) mass is 238 g/mol. The van der Waals surface area contributed by atoms with Gasteiger partial charge in [0, 0.05) is 19.1 Å². The van der Waals surface area contributed by atoms with Gasteiger partial charge in [0.05, 0.1) is 0 Å². The van der Waals surface area contributed by atoms with Crippen LogP contribution in [-0.4, -0.2) is 37.1 Å². The quantitative estimate of drug-likeness (QED) is 0.765. The van der Waals surface area contributed by atoms with Crippen molar-refractivity contribution in [2.24, 2.45) is 11.8 Å². The lowest BCUT2D eigenvalue weighted by atomic mass is 9.97. The van der Waals surface area contributed by atoms with Crippen molar-refractivity contribution in [1.82, 2.24) is 10.2 Å². The summed E-state index contributed by atoms with van der Waals surface area (Å²) in [5.41, 5.74) is 0. The van der Waals surface area contributed by atoms with Crippen molar-refractivity contribution in [3.05, 3.63) is 0 Å². The van der Waals surface area contributed by atoms with E-state index in [1.807, 2.05) is 0 Å². The Balaban J connectivity index is 1.81. The zero-order valence-electron chi connectivity index (χ0n) is 11.8. The van der Waals surface area contributed by atoms with Crippen LogP contribution in [0, 0.1) is 11.8 Å². The van der Waals surface area contributed by atoms with Crippen LogP contribution in [0.4, 0.5) is 0 Å². The maximum absolute atomic E-state index is 3.81. The molecule has 0 bridgehead atoms. The first-order valence-corrected chi connectivity index (χ1v) is 7.75. The van der Waals surface area contributed by atoms with Crippen molar-refractivity contribution < 1.29 is 0 Å². The smallest absolute Gasteiger partial charge is 0.0223 e. The number of likely N-dealkylation sites (tertiary alicyclic amines) is 1. The van der Waals surface area contributed by atoms with E-state index in [9.17, 15) is 0 Å². The minimum atomic E-state index is 0.766. The average molecular weight is 238 g/mol. The largest absolute Gasteiger partial charge is 0.312 e. The number of hydrogen-bond donors (Lipinski definition) is 1. The van der Waals surface area contributed by atoms with Crippen LogP contribution < -0.4 is 5.32 Å². The van der Waals surface area contributed by atoms with Crippen molar-refractivity contribution in [2.45, 2.75) is 58.4 Å². The SMILES string of the molecule is CCCNC(CN1CCC(C)C1)C1CCCC1. The fourth-order valence-electron chi connectivity index (χ4n) is 3.54. The molecule has 1 saturated carbocycles. The predicted molar refractivity (Wildman–Crippen MR) is 74.3 cm³/mol. The van der Waals surface area contributed by atoms with E-state index < -0.39 is 0 Å². The standard InChI is InChI=1S/C15H30N2/c1-3-9-16-15(14-6-4-5-7-14)12-17-10-8-13(2)11-17/h13-16H,3-12H2,1-2H3. The third kappa shape index (κ3) is 3.96. The first kappa shape index (κ1) is 13.4. The summed E-state index contributed by atoms with van der Waals surface area (Å²) in [6, 6.07) is 0.766. The van der Waals surface area contributed by atoms with Gasteiger partial charge in [-0.25, -0.2) is 0 Å². The van der Waals surface area contributed by atoms with Crippen LogP contribution in [-0.2, 0) is 0 Å². The average Bonchev–Trinajstić information content (AvgIpc) is 2.95. The maximum atomic E-state index is 3.81. The molecule has 2 rings (SSSR count). The lowest BCUT2D eigenvalue weighted by Crippen LogP contribution is -2.44. The van der Waals surface area contributed by atoms with Gasteiger partial charge in [-0.15, -0.1) is 0 Å². The predicted octanol–water partition coefficient (Wildman–Crippen LogP) is 2.89. The molecule has 1 aliphatic carbocycles. The Labute approximate surface area is 107 Å². The first-order valence-electron chi connectivity index (χ1n) is 7.75. The Hall–Kier alpha value is -0.0800. The van der Waals surface area contributed by atoms with E-state index in [2.05, 4.69) is 24.1 Å². The van der Waals surface area contributed by atoms with E-state index in [0.29, 0.717) is 0 Å². The molecule has 1 heterocycles. The third-order valence-electron chi connectivity index (χ3n) is 4.59. The minimum Gasteiger partial charge on any atom is -0.312 e. The summed E-state index contributed by atoms with van der Waals surface area (Å²) in [5.74, 6) is 1.88. The molecule has 2 aliphatic rings. The zero-order valence-corrected chi connectivity index (χ0v) is 11.8. The van der Waals surface area contributed by atoms with Gasteiger partial charge in [-0.3, -0.25) is 0 Å². The van der Waals surface area contributed by atoms with E-state index in [4.69, 9.17) is 0 Å². The molecule has 2 nitrogen and oxygen atoms in total. The van der Waals surface area contributed by atoms with E-state index >= 15 is 0 Å². The van der Waals surface area contributed by atoms with Gasteiger partial charge in [-0.2, -0.15) is 0 Å². The molecule has 0 aromatic rings. The summed E-state index contributed by atoms with van der Waals surface area (Å²) in [7, 11) is 0. The van der Waals surface area contributed by atoms with Crippen molar-refractivity contribution in [3.63, 3.8) is 0 Å². The highest BCUT2D eigenvalue weighted by molar-refractivity contribution is 4.85. The first-order chi connectivity index (χ1) is 8.29. The zero-order chi connectivity index (χ0) is 12.1. The second-order valence-corrected chi connectivity index (χ2v) is 6.26. The fraction of sp³-hybridized carbons (Fsp3) is 1.00. The molecule has 1 saturated heterocycles. The van der Waals surface area contributed by atoms with Gasteiger partial charge in [0.2, 0.25) is 0 Å². The Kier molecular flexibility index (Phi) is 5.30. The molecule has 0 spiro atoms. The van der Waals surface area contributed by atoms with Gasteiger partial charge in [-0.1, -0.05) is 26.7 Å². The molecule has 0 amide bonds. The summed E-state index contributed by atoms with van der Waals surface area (Å²) < 4.78 is 0. The number of hydrogen-bond acceptors (Lipinski definition) is 2. The summed E-state index contributed by atoms with van der Waals surface area (Å²) >= 11 is 0. The van der Waals surface area contributed by atoms with Crippen LogP contribution in [0.1, 0.15) is 52.4 Å². The minimum absolute atomic E-state index is 0.766. The number of nitrogens with zero attached hydrogens (tertiary/aromatic N) is 1. The molecule has 0 radical (unpaired) electrons. The molecule has 17 heavy (non-hydrogen) atoms. The van der Waals surface area contributed by atoms with E-state index in [-0.39, 0.29) is 0 Å². The maximum Gasteiger partial charge on any atom is 0.0223 e. The van der Waals surface area contributed by atoms with Gasteiger partial charge in [-0.05, 0) is 50.6 Å². The summed E-state index contributed by atoms with van der Waals surface area (Å²) in [6.45, 7) is 9.83. The van der Waals surface area contributed by atoms with E-state index in [1.54, 1.807) is 0 Å². The lowest BCUT2D eigenvalue weighted by Gasteiger charge is -2.29. The molecule has 2 heteroatoms. The molecule has 2 fully saturated rings. The lowest BCUT2D eigenvalue weighted by molar-refractivity contribution is 0.236. The van der Waals surface area contributed by atoms with Crippen LogP contribution in [0.15, 0.2) is 0 Å². The molecule has 0 aromatic heterocycles. The van der Waals surface area contributed by atoms with Crippen molar-refractivity contribution in [2.75, 3.05) is 26.2 Å². The molecule has 0 aromatic carbocycles. The normalized spacial score (nSPS) is 28.9. The fourth-order valence-corrected chi connectivity index (χ4v) is 3.54.